The van der Waals surface area contributed by atoms with Crippen LogP contribution in [0.25, 0.3) is 5.69 Å². The summed E-state index contributed by atoms with van der Waals surface area (Å²) in [5.74, 6) is -0.227. The lowest BCUT2D eigenvalue weighted by atomic mass is 9.69. The fourth-order valence-electron chi connectivity index (χ4n) is 2.85. The van der Waals surface area contributed by atoms with Gasteiger partial charge in [-0.15, -0.1) is 0 Å². The zero-order chi connectivity index (χ0) is 16.3. The number of aliphatic hydroxyl groups excluding tert-OH is 1. The summed E-state index contributed by atoms with van der Waals surface area (Å²) in [6.07, 6.45) is 4.52. The molecule has 5 heteroatoms. The van der Waals surface area contributed by atoms with Crippen molar-refractivity contribution in [1.29, 1.82) is 0 Å². The summed E-state index contributed by atoms with van der Waals surface area (Å²) in [6.45, 7) is 0.559. The fraction of sp³-hybridized carbons (Fsp3) is 0.333. The number of rotatable bonds is 5. The lowest BCUT2D eigenvalue weighted by Gasteiger charge is -2.40. The van der Waals surface area contributed by atoms with Gasteiger partial charge in [0.05, 0.1) is 12.2 Å². The molecule has 2 aromatic rings. The van der Waals surface area contributed by atoms with E-state index in [1.54, 1.807) is 6.20 Å². The number of aliphatic hydroxyl groups is 1. The predicted molar refractivity (Wildman–Crippen MR) is 87.7 cm³/mol. The highest BCUT2D eigenvalue weighted by molar-refractivity contribution is 5.93. The van der Waals surface area contributed by atoms with Gasteiger partial charge in [-0.3, -0.25) is 14.2 Å². The van der Waals surface area contributed by atoms with E-state index in [1.165, 1.54) is 16.7 Å². The number of pyridine rings is 1. The average molecular weight is 312 g/mol. The van der Waals surface area contributed by atoms with Crippen molar-refractivity contribution in [2.24, 2.45) is 5.41 Å². The molecule has 1 fully saturated rings. The summed E-state index contributed by atoms with van der Waals surface area (Å²) in [6, 6.07) is 12.1. The van der Waals surface area contributed by atoms with Gasteiger partial charge in [-0.05, 0) is 31.0 Å². The summed E-state index contributed by atoms with van der Waals surface area (Å²) in [7, 11) is 0. The molecule has 1 aliphatic carbocycles. The van der Waals surface area contributed by atoms with Crippen molar-refractivity contribution in [3.63, 3.8) is 0 Å². The van der Waals surface area contributed by atoms with Gasteiger partial charge < -0.3 is 10.4 Å². The Morgan fingerprint density at radius 3 is 2.52 bits per heavy atom. The minimum atomic E-state index is -0.227. The van der Waals surface area contributed by atoms with Crippen molar-refractivity contribution < 1.29 is 9.90 Å². The summed E-state index contributed by atoms with van der Waals surface area (Å²) >= 11 is 0. The van der Waals surface area contributed by atoms with Crippen molar-refractivity contribution in [1.82, 2.24) is 9.88 Å². The number of nitrogens with one attached hydrogen (secondary N) is 1. The zero-order valence-corrected chi connectivity index (χ0v) is 12.9. The number of nitrogens with zero attached hydrogens (tertiary/aromatic N) is 1. The summed E-state index contributed by atoms with van der Waals surface area (Å²) in [5, 5.41) is 12.3. The van der Waals surface area contributed by atoms with Crippen LogP contribution in [0.3, 0.4) is 0 Å². The van der Waals surface area contributed by atoms with Crippen LogP contribution in [0.2, 0.25) is 0 Å². The number of hydrogen-bond acceptors (Lipinski definition) is 3. The number of benzene rings is 1. The van der Waals surface area contributed by atoms with Gasteiger partial charge in [-0.1, -0.05) is 24.6 Å². The second kappa shape index (κ2) is 6.38. The minimum absolute atomic E-state index is 0.0940. The molecule has 5 nitrogen and oxygen atoms in total. The van der Waals surface area contributed by atoms with E-state index in [2.05, 4.69) is 5.32 Å². The third-order valence-electron chi connectivity index (χ3n) is 4.58. The first-order chi connectivity index (χ1) is 11.1. The molecule has 0 radical (unpaired) electrons. The maximum atomic E-state index is 12.3. The van der Waals surface area contributed by atoms with E-state index in [4.69, 9.17) is 0 Å². The first-order valence-electron chi connectivity index (χ1n) is 7.81. The van der Waals surface area contributed by atoms with Crippen LogP contribution in [0.15, 0.2) is 53.5 Å². The van der Waals surface area contributed by atoms with Crippen LogP contribution in [0, 0.1) is 5.41 Å². The molecule has 3 rings (SSSR count). The lowest BCUT2D eigenvalue weighted by Crippen LogP contribution is -2.44. The van der Waals surface area contributed by atoms with E-state index in [0.717, 1.165) is 24.9 Å². The number of para-hydroxylation sites is 1. The molecule has 0 spiro atoms. The largest absolute Gasteiger partial charge is 0.396 e. The SMILES string of the molecule is O=C(NCC1(CO)CCC1)c1ccc(=O)n(-c2ccccc2)c1. The van der Waals surface area contributed by atoms with E-state index in [-0.39, 0.29) is 23.5 Å². The molecule has 0 aliphatic heterocycles. The standard InChI is InChI=1S/C18H20N2O3/c21-13-18(9-4-10-18)12-19-17(23)14-7-8-16(22)20(11-14)15-5-2-1-3-6-15/h1-3,5-8,11,21H,4,9-10,12-13H2,(H,19,23). The van der Waals surface area contributed by atoms with Crippen molar-refractivity contribution >= 4 is 5.91 Å². The Bertz CT molecular complexity index is 743. The molecule has 1 aromatic heterocycles. The fourth-order valence-corrected chi connectivity index (χ4v) is 2.85. The molecule has 0 bridgehead atoms. The number of hydrogen-bond donors (Lipinski definition) is 2. The maximum absolute atomic E-state index is 12.3. The van der Waals surface area contributed by atoms with Crippen LogP contribution in [-0.4, -0.2) is 28.7 Å². The monoisotopic (exact) mass is 312 g/mol. The van der Waals surface area contributed by atoms with E-state index in [1.807, 2.05) is 30.3 Å². The highest BCUT2D eigenvalue weighted by Gasteiger charge is 2.36. The molecule has 0 atom stereocenters. The Morgan fingerprint density at radius 2 is 1.91 bits per heavy atom. The second-order valence-electron chi connectivity index (χ2n) is 6.16. The molecule has 23 heavy (non-hydrogen) atoms. The molecule has 2 N–H and O–H groups in total. The first kappa shape index (κ1) is 15.5. The maximum Gasteiger partial charge on any atom is 0.255 e. The van der Waals surface area contributed by atoms with Crippen molar-refractivity contribution in [3.8, 4) is 5.69 Å². The molecular weight excluding hydrogens is 292 g/mol. The van der Waals surface area contributed by atoms with Gasteiger partial charge in [0.1, 0.15) is 0 Å². The highest BCUT2D eigenvalue weighted by atomic mass is 16.3. The quantitative estimate of drug-likeness (QED) is 0.883. The number of aromatic nitrogens is 1. The molecule has 1 heterocycles. The minimum Gasteiger partial charge on any atom is -0.396 e. The van der Waals surface area contributed by atoms with Crippen LogP contribution in [-0.2, 0) is 0 Å². The Morgan fingerprint density at radius 1 is 1.17 bits per heavy atom. The van der Waals surface area contributed by atoms with Crippen molar-refractivity contribution in [2.45, 2.75) is 19.3 Å². The Hall–Kier alpha value is -2.40. The van der Waals surface area contributed by atoms with Gasteiger partial charge in [0.25, 0.3) is 11.5 Å². The van der Waals surface area contributed by atoms with Crippen LogP contribution < -0.4 is 10.9 Å². The van der Waals surface area contributed by atoms with E-state index >= 15 is 0 Å². The summed E-state index contributed by atoms with van der Waals surface area (Å²) in [5.41, 5.74) is 0.807. The Kier molecular flexibility index (Phi) is 4.30. The summed E-state index contributed by atoms with van der Waals surface area (Å²) in [4.78, 5) is 24.3. The van der Waals surface area contributed by atoms with Gasteiger partial charge in [0, 0.05) is 29.9 Å². The molecule has 1 amide bonds. The van der Waals surface area contributed by atoms with E-state index in [9.17, 15) is 14.7 Å². The average Bonchev–Trinajstić information content (AvgIpc) is 2.55. The van der Waals surface area contributed by atoms with Crippen molar-refractivity contribution in [3.05, 3.63) is 64.6 Å². The Balaban J connectivity index is 1.78. The summed E-state index contributed by atoms with van der Waals surface area (Å²) < 4.78 is 1.46. The van der Waals surface area contributed by atoms with Crippen molar-refractivity contribution in [2.75, 3.05) is 13.2 Å². The first-order valence-corrected chi connectivity index (χ1v) is 7.81. The van der Waals surface area contributed by atoms with Crippen LogP contribution in [0.1, 0.15) is 29.6 Å². The molecule has 1 saturated carbocycles. The smallest absolute Gasteiger partial charge is 0.255 e. The second-order valence-corrected chi connectivity index (χ2v) is 6.16. The van der Waals surface area contributed by atoms with Gasteiger partial charge in [-0.25, -0.2) is 0 Å². The normalized spacial score (nSPS) is 15.7. The van der Waals surface area contributed by atoms with Gasteiger partial charge in [0.2, 0.25) is 0 Å². The Labute approximate surface area is 134 Å². The molecule has 1 aromatic carbocycles. The van der Waals surface area contributed by atoms with Gasteiger partial charge >= 0.3 is 0 Å². The zero-order valence-electron chi connectivity index (χ0n) is 12.9. The van der Waals surface area contributed by atoms with Crippen LogP contribution >= 0.6 is 0 Å². The van der Waals surface area contributed by atoms with E-state index < -0.39 is 0 Å². The molecule has 120 valence electrons. The third-order valence-corrected chi connectivity index (χ3v) is 4.58. The van der Waals surface area contributed by atoms with Gasteiger partial charge in [0.15, 0.2) is 0 Å². The topological polar surface area (TPSA) is 71.3 Å². The molecule has 0 saturated heterocycles. The molecule has 1 aliphatic rings. The number of carbonyl (C=O) groups excluding carboxylic acids is 1. The van der Waals surface area contributed by atoms with Crippen LogP contribution in [0.4, 0.5) is 0 Å². The number of carbonyl (C=O) groups is 1. The third kappa shape index (κ3) is 3.19. The van der Waals surface area contributed by atoms with Gasteiger partial charge in [-0.2, -0.15) is 0 Å². The predicted octanol–water partition coefficient (Wildman–Crippen LogP) is 1.73. The lowest BCUT2D eigenvalue weighted by molar-refractivity contribution is 0.0429. The number of amides is 1. The molecule has 0 unspecified atom stereocenters. The van der Waals surface area contributed by atoms with Crippen LogP contribution in [0.5, 0.6) is 0 Å². The highest BCUT2D eigenvalue weighted by Crippen LogP contribution is 2.39. The van der Waals surface area contributed by atoms with E-state index in [0.29, 0.717) is 12.1 Å². The molecular formula is C18H20N2O3.